The number of aliphatic imine (C=N–C) groups is 1. The number of nitrogens with zero attached hydrogens (tertiary/aromatic N) is 4. The first-order chi connectivity index (χ1) is 12.1. The van der Waals surface area contributed by atoms with Crippen molar-refractivity contribution in [3.05, 3.63) is 36.0 Å². The summed E-state index contributed by atoms with van der Waals surface area (Å²) >= 11 is 0. The molecule has 1 amide bonds. The molecule has 1 aliphatic heterocycles. The number of aliphatic hydroxyl groups is 1. The summed E-state index contributed by atoms with van der Waals surface area (Å²) in [6, 6.07) is 3.81. The van der Waals surface area contributed by atoms with Crippen molar-refractivity contribution < 1.29 is 9.90 Å². The average molecular weight is 343 g/mol. The van der Waals surface area contributed by atoms with Crippen LogP contribution < -0.4 is 0 Å². The average Bonchev–Trinajstić information content (AvgIpc) is 3.24. The van der Waals surface area contributed by atoms with Crippen LogP contribution >= 0.6 is 0 Å². The number of rotatable bonds is 5. The Morgan fingerprint density at radius 1 is 1.56 bits per heavy atom. The summed E-state index contributed by atoms with van der Waals surface area (Å²) in [5.41, 5.74) is 0.926. The van der Waals surface area contributed by atoms with Gasteiger partial charge < -0.3 is 19.6 Å². The van der Waals surface area contributed by atoms with E-state index in [2.05, 4.69) is 21.9 Å². The van der Waals surface area contributed by atoms with E-state index in [1.54, 1.807) is 6.21 Å². The van der Waals surface area contributed by atoms with Crippen molar-refractivity contribution in [1.29, 1.82) is 0 Å². The number of likely N-dealkylation sites (tertiary alicyclic amines) is 1. The zero-order chi connectivity index (χ0) is 17.8. The third-order valence-corrected chi connectivity index (χ3v) is 4.95. The maximum absolute atomic E-state index is 12.1. The Morgan fingerprint density at radius 2 is 2.40 bits per heavy atom. The summed E-state index contributed by atoms with van der Waals surface area (Å²) in [5, 5.41) is 9.01. The van der Waals surface area contributed by atoms with Crippen molar-refractivity contribution in [1.82, 2.24) is 19.4 Å². The SMILES string of the molecule is CC1CCN(C(=O)CCO)CC1c1ncc(/C=N\c2ccc[nH]2)n1C. The van der Waals surface area contributed by atoms with E-state index in [4.69, 9.17) is 5.11 Å². The van der Waals surface area contributed by atoms with Crippen LogP contribution in [0.2, 0.25) is 0 Å². The number of imidazole rings is 1. The molecule has 2 N–H and O–H groups in total. The van der Waals surface area contributed by atoms with Crippen LogP contribution in [0.4, 0.5) is 5.82 Å². The van der Waals surface area contributed by atoms with E-state index < -0.39 is 0 Å². The van der Waals surface area contributed by atoms with Gasteiger partial charge in [-0.05, 0) is 24.5 Å². The van der Waals surface area contributed by atoms with Gasteiger partial charge in [-0.1, -0.05) is 6.92 Å². The van der Waals surface area contributed by atoms with Gasteiger partial charge in [-0.2, -0.15) is 0 Å². The Morgan fingerprint density at radius 3 is 3.12 bits per heavy atom. The van der Waals surface area contributed by atoms with Crippen molar-refractivity contribution in [2.75, 3.05) is 19.7 Å². The van der Waals surface area contributed by atoms with Gasteiger partial charge in [-0.25, -0.2) is 9.98 Å². The Hall–Kier alpha value is -2.41. The van der Waals surface area contributed by atoms with Gasteiger partial charge in [-0.3, -0.25) is 4.79 Å². The number of aliphatic hydroxyl groups excluding tert-OH is 1. The molecule has 2 atom stereocenters. The van der Waals surface area contributed by atoms with Crippen LogP contribution in [0.15, 0.2) is 29.5 Å². The fourth-order valence-corrected chi connectivity index (χ4v) is 3.32. The van der Waals surface area contributed by atoms with Crippen molar-refractivity contribution in [3.63, 3.8) is 0 Å². The van der Waals surface area contributed by atoms with E-state index in [0.29, 0.717) is 12.5 Å². The Labute approximate surface area is 147 Å². The Bertz CT molecular complexity index is 735. The second-order valence-electron chi connectivity index (χ2n) is 6.60. The highest BCUT2D eigenvalue weighted by Gasteiger charge is 2.32. The van der Waals surface area contributed by atoms with Crippen molar-refractivity contribution >= 4 is 17.9 Å². The third-order valence-electron chi connectivity index (χ3n) is 4.95. The van der Waals surface area contributed by atoms with Crippen LogP contribution in [-0.4, -0.2) is 56.4 Å². The molecule has 2 aromatic rings. The second-order valence-corrected chi connectivity index (χ2v) is 6.60. The lowest BCUT2D eigenvalue weighted by molar-refractivity contribution is -0.133. The topological polar surface area (TPSA) is 86.5 Å². The minimum absolute atomic E-state index is 0.0159. The molecule has 2 unspecified atom stereocenters. The molecular formula is C18H25N5O2. The van der Waals surface area contributed by atoms with Crippen LogP contribution in [-0.2, 0) is 11.8 Å². The van der Waals surface area contributed by atoms with Crippen molar-refractivity contribution in [2.45, 2.75) is 25.7 Å². The largest absolute Gasteiger partial charge is 0.396 e. The van der Waals surface area contributed by atoms with Gasteiger partial charge in [0.1, 0.15) is 11.6 Å². The van der Waals surface area contributed by atoms with E-state index in [9.17, 15) is 4.79 Å². The van der Waals surface area contributed by atoms with Gasteiger partial charge in [0.2, 0.25) is 5.91 Å². The summed E-state index contributed by atoms with van der Waals surface area (Å²) in [6.07, 6.45) is 6.59. The first-order valence-electron chi connectivity index (χ1n) is 8.68. The number of amides is 1. The summed E-state index contributed by atoms with van der Waals surface area (Å²) in [7, 11) is 1.99. The zero-order valence-corrected chi connectivity index (χ0v) is 14.7. The summed E-state index contributed by atoms with van der Waals surface area (Å²) in [6.45, 7) is 3.51. The highest BCUT2D eigenvalue weighted by molar-refractivity contribution is 5.79. The maximum atomic E-state index is 12.1. The molecule has 1 saturated heterocycles. The first kappa shape index (κ1) is 17.4. The van der Waals surface area contributed by atoms with Crippen molar-refractivity contribution in [2.24, 2.45) is 18.0 Å². The van der Waals surface area contributed by atoms with E-state index in [1.165, 1.54) is 0 Å². The van der Waals surface area contributed by atoms with E-state index in [-0.39, 0.29) is 24.9 Å². The number of aromatic nitrogens is 3. The summed E-state index contributed by atoms with van der Waals surface area (Å²) in [5.74, 6) is 2.43. The van der Waals surface area contributed by atoms with Gasteiger partial charge in [-0.15, -0.1) is 0 Å². The Kier molecular flexibility index (Phi) is 5.33. The zero-order valence-electron chi connectivity index (χ0n) is 14.7. The number of carbonyl (C=O) groups is 1. The smallest absolute Gasteiger partial charge is 0.224 e. The van der Waals surface area contributed by atoms with E-state index in [1.807, 2.05) is 41.0 Å². The van der Waals surface area contributed by atoms with Crippen LogP contribution in [0.25, 0.3) is 0 Å². The normalized spacial score (nSPS) is 21.2. The lowest BCUT2D eigenvalue weighted by Crippen LogP contribution is -2.43. The number of carbonyl (C=O) groups excluding carboxylic acids is 1. The summed E-state index contributed by atoms with van der Waals surface area (Å²) in [4.78, 5) is 26.0. The van der Waals surface area contributed by atoms with Gasteiger partial charge in [0.15, 0.2) is 0 Å². The molecule has 0 aromatic carbocycles. The molecule has 2 aromatic heterocycles. The Balaban J connectivity index is 1.77. The lowest BCUT2D eigenvalue weighted by Gasteiger charge is -2.36. The molecule has 3 rings (SSSR count). The number of hydrogen-bond acceptors (Lipinski definition) is 4. The maximum Gasteiger partial charge on any atom is 0.224 e. The highest BCUT2D eigenvalue weighted by Crippen LogP contribution is 2.31. The van der Waals surface area contributed by atoms with Crippen molar-refractivity contribution in [3.8, 4) is 0 Å². The summed E-state index contributed by atoms with van der Waals surface area (Å²) < 4.78 is 2.05. The molecule has 7 heteroatoms. The molecule has 0 bridgehead atoms. The molecular weight excluding hydrogens is 318 g/mol. The molecule has 0 spiro atoms. The molecule has 25 heavy (non-hydrogen) atoms. The molecule has 7 nitrogen and oxygen atoms in total. The minimum atomic E-state index is -0.0999. The minimum Gasteiger partial charge on any atom is -0.396 e. The van der Waals surface area contributed by atoms with Crippen LogP contribution in [0.5, 0.6) is 0 Å². The van der Waals surface area contributed by atoms with Crippen LogP contribution in [0.3, 0.4) is 0 Å². The molecule has 1 fully saturated rings. The van der Waals surface area contributed by atoms with Gasteiger partial charge in [0.25, 0.3) is 0 Å². The highest BCUT2D eigenvalue weighted by atomic mass is 16.3. The number of piperidine rings is 1. The van der Waals surface area contributed by atoms with Crippen LogP contribution in [0.1, 0.15) is 37.2 Å². The second kappa shape index (κ2) is 7.65. The van der Waals surface area contributed by atoms with Crippen LogP contribution in [0, 0.1) is 5.92 Å². The molecule has 1 aliphatic rings. The molecule has 0 radical (unpaired) electrons. The predicted molar refractivity (Wildman–Crippen MR) is 96.1 cm³/mol. The van der Waals surface area contributed by atoms with Gasteiger partial charge in [0.05, 0.1) is 24.7 Å². The predicted octanol–water partition coefficient (Wildman–Crippen LogP) is 1.83. The first-order valence-corrected chi connectivity index (χ1v) is 8.68. The quantitative estimate of drug-likeness (QED) is 0.812. The number of nitrogens with one attached hydrogen (secondary N) is 1. The van der Waals surface area contributed by atoms with E-state index >= 15 is 0 Å². The monoisotopic (exact) mass is 343 g/mol. The molecule has 0 saturated carbocycles. The lowest BCUT2D eigenvalue weighted by atomic mass is 9.86. The fourth-order valence-electron chi connectivity index (χ4n) is 3.32. The fraction of sp³-hybridized carbons (Fsp3) is 0.500. The standard InChI is InChI=1S/C18H25N5O2/c1-13-5-8-23(17(25)6-9-24)12-15(13)18-21-11-14(22(18)2)10-20-16-4-3-7-19-16/h3-4,7,10-11,13,15,19,24H,5-6,8-9,12H2,1-2H3/b20-10-. The number of hydrogen-bond donors (Lipinski definition) is 2. The number of aromatic amines is 1. The van der Waals surface area contributed by atoms with Gasteiger partial charge >= 0.3 is 0 Å². The van der Waals surface area contributed by atoms with Gasteiger partial charge in [0, 0.05) is 38.7 Å². The molecule has 0 aliphatic carbocycles. The number of H-pyrrole nitrogens is 1. The molecule has 134 valence electrons. The van der Waals surface area contributed by atoms with E-state index in [0.717, 1.165) is 30.3 Å². The third kappa shape index (κ3) is 3.82. The molecule has 3 heterocycles.